The summed E-state index contributed by atoms with van der Waals surface area (Å²) in [5, 5.41) is 2.71. The van der Waals surface area contributed by atoms with E-state index in [1.54, 1.807) is 41.2 Å². The van der Waals surface area contributed by atoms with E-state index in [-0.39, 0.29) is 17.9 Å². The Labute approximate surface area is 104 Å². The summed E-state index contributed by atoms with van der Waals surface area (Å²) in [4.78, 5) is 22.7. The molecule has 1 aromatic carbocycles. The predicted octanol–water partition coefficient (Wildman–Crippen LogP) is 1.07. The molecule has 92 valence electrons. The van der Waals surface area contributed by atoms with Crippen LogP contribution in [-0.2, 0) is 11.3 Å². The van der Waals surface area contributed by atoms with Crippen LogP contribution in [0.4, 0.5) is 11.4 Å². The second-order valence-corrected chi connectivity index (χ2v) is 3.84. The summed E-state index contributed by atoms with van der Waals surface area (Å²) in [6.07, 6.45) is 3.13. The largest absolute Gasteiger partial charge is 0.397 e. The summed E-state index contributed by atoms with van der Waals surface area (Å²) in [5.74, 6) is -0.198. The lowest BCUT2D eigenvalue weighted by Gasteiger charge is -2.09. The number of benzene rings is 1. The van der Waals surface area contributed by atoms with Gasteiger partial charge in [-0.1, -0.05) is 12.1 Å². The van der Waals surface area contributed by atoms with E-state index in [0.29, 0.717) is 11.4 Å². The highest BCUT2D eigenvalue weighted by Gasteiger charge is 2.04. The third kappa shape index (κ3) is 2.98. The number of para-hydroxylation sites is 2. The summed E-state index contributed by atoms with van der Waals surface area (Å²) in [5.41, 5.74) is 6.74. The molecule has 0 saturated heterocycles. The van der Waals surface area contributed by atoms with Gasteiger partial charge in [0, 0.05) is 24.5 Å². The van der Waals surface area contributed by atoms with Crippen molar-refractivity contribution in [3.05, 3.63) is 59.0 Å². The van der Waals surface area contributed by atoms with Crippen molar-refractivity contribution in [1.82, 2.24) is 4.57 Å². The molecule has 0 spiro atoms. The first-order chi connectivity index (χ1) is 8.65. The second kappa shape index (κ2) is 5.18. The smallest absolute Gasteiger partial charge is 0.244 e. The van der Waals surface area contributed by atoms with E-state index < -0.39 is 0 Å². The Hall–Kier alpha value is -2.56. The van der Waals surface area contributed by atoms with Crippen molar-refractivity contribution in [2.75, 3.05) is 11.1 Å². The number of hydrogen-bond donors (Lipinski definition) is 2. The summed E-state index contributed by atoms with van der Waals surface area (Å²) in [6.45, 7) is 0.134. The summed E-state index contributed by atoms with van der Waals surface area (Å²) < 4.78 is 1.62. The van der Waals surface area contributed by atoms with Crippen molar-refractivity contribution in [3.8, 4) is 0 Å². The average Bonchev–Trinajstić information content (AvgIpc) is 2.35. The minimum Gasteiger partial charge on any atom is -0.397 e. The molecule has 1 aromatic heterocycles. The van der Waals surface area contributed by atoms with Crippen LogP contribution in [0.1, 0.15) is 0 Å². The Morgan fingerprint density at radius 2 is 1.83 bits per heavy atom. The Bertz CT molecular complexity index is 599. The van der Waals surface area contributed by atoms with Gasteiger partial charge < -0.3 is 15.6 Å². The zero-order valence-electron chi connectivity index (χ0n) is 9.67. The number of nitrogens with zero attached hydrogens (tertiary/aromatic N) is 1. The molecular formula is C13H13N3O2. The van der Waals surface area contributed by atoms with Crippen LogP contribution < -0.4 is 16.5 Å². The van der Waals surface area contributed by atoms with Crippen LogP contribution >= 0.6 is 0 Å². The van der Waals surface area contributed by atoms with Crippen LogP contribution in [0.2, 0.25) is 0 Å². The fraction of sp³-hybridized carbons (Fsp3) is 0.0769. The lowest BCUT2D eigenvalue weighted by atomic mass is 10.2. The average molecular weight is 243 g/mol. The normalized spacial score (nSPS) is 10.0. The third-order valence-electron chi connectivity index (χ3n) is 2.42. The minimum absolute atomic E-state index is 0.0843. The van der Waals surface area contributed by atoms with E-state index in [2.05, 4.69) is 5.32 Å². The Balaban J connectivity index is 2.03. The zero-order valence-corrected chi connectivity index (χ0v) is 9.67. The van der Waals surface area contributed by atoms with E-state index in [1.807, 2.05) is 0 Å². The van der Waals surface area contributed by atoms with Crippen molar-refractivity contribution < 1.29 is 4.79 Å². The van der Waals surface area contributed by atoms with E-state index in [0.717, 1.165) is 0 Å². The molecule has 5 nitrogen and oxygen atoms in total. The topological polar surface area (TPSA) is 77.1 Å². The molecule has 18 heavy (non-hydrogen) atoms. The molecule has 0 aliphatic heterocycles. The van der Waals surface area contributed by atoms with Crippen LogP contribution in [0, 0.1) is 0 Å². The molecule has 3 N–H and O–H groups in total. The van der Waals surface area contributed by atoms with Crippen LogP contribution in [0.25, 0.3) is 0 Å². The molecule has 2 aromatic rings. The number of carbonyl (C=O) groups excluding carboxylic acids is 1. The molecule has 5 heteroatoms. The number of hydrogen-bond acceptors (Lipinski definition) is 3. The maximum Gasteiger partial charge on any atom is 0.244 e. The van der Waals surface area contributed by atoms with Gasteiger partial charge in [0.25, 0.3) is 0 Å². The van der Waals surface area contributed by atoms with Crippen molar-refractivity contribution in [2.45, 2.75) is 6.54 Å². The van der Waals surface area contributed by atoms with Crippen LogP contribution in [0.15, 0.2) is 53.6 Å². The highest BCUT2D eigenvalue weighted by atomic mass is 16.2. The summed E-state index contributed by atoms with van der Waals surface area (Å²) >= 11 is 0. The lowest BCUT2D eigenvalue weighted by Crippen LogP contribution is -2.19. The molecule has 0 radical (unpaired) electrons. The van der Waals surface area contributed by atoms with Crippen LogP contribution in [0.3, 0.4) is 0 Å². The van der Waals surface area contributed by atoms with Crippen molar-refractivity contribution in [1.29, 1.82) is 0 Å². The molecule has 2 rings (SSSR count). The van der Waals surface area contributed by atoms with E-state index in [4.69, 9.17) is 5.73 Å². The van der Waals surface area contributed by atoms with Crippen molar-refractivity contribution >= 4 is 17.3 Å². The van der Waals surface area contributed by atoms with Crippen LogP contribution in [-0.4, -0.2) is 10.5 Å². The molecule has 0 atom stereocenters. The van der Waals surface area contributed by atoms with Gasteiger partial charge in [-0.25, -0.2) is 0 Å². The van der Waals surface area contributed by atoms with Gasteiger partial charge >= 0.3 is 0 Å². The van der Waals surface area contributed by atoms with Crippen molar-refractivity contribution in [2.24, 2.45) is 0 Å². The molecule has 0 bridgehead atoms. The Morgan fingerprint density at radius 1 is 1.17 bits per heavy atom. The number of aromatic nitrogens is 1. The van der Waals surface area contributed by atoms with Gasteiger partial charge in [0.1, 0.15) is 6.54 Å². The molecule has 0 aliphatic carbocycles. The number of pyridine rings is 1. The summed E-state index contributed by atoms with van der Waals surface area (Å²) in [6, 6.07) is 9.86. The highest BCUT2D eigenvalue weighted by Crippen LogP contribution is 2.16. The Kier molecular flexibility index (Phi) is 3.43. The van der Waals surface area contributed by atoms with Gasteiger partial charge in [-0.2, -0.15) is 0 Å². The van der Waals surface area contributed by atoms with Gasteiger partial charge in [-0.15, -0.1) is 0 Å². The highest BCUT2D eigenvalue weighted by molar-refractivity contribution is 5.93. The van der Waals surface area contributed by atoms with Gasteiger partial charge in [0.2, 0.25) is 5.91 Å². The van der Waals surface area contributed by atoms with Gasteiger partial charge in [-0.05, 0) is 12.1 Å². The molecule has 1 amide bonds. The first-order valence-electron chi connectivity index (χ1n) is 5.45. The standard InChI is InChI=1S/C13H13N3O2/c14-11-3-1-2-4-12(11)15-13(18)9-16-7-5-10(17)6-8-16/h1-8H,9,14H2,(H,15,18). The predicted molar refractivity (Wildman–Crippen MR) is 70.2 cm³/mol. The zero-order chi connectivity index (χ0) is 13.0. The second-order valence-electron chi connectivity index (χ2n) is 3.84. The lowest BCUT2D eigenvalue weighted by molar-refractivity contribution is -0.116. The number of rotatable bonds is 3. The SMILES string of the molecule is Nc1ccccc1NC(=O)Cn1ccc(=O)cc1. The minimum atomic E-state index is -0.198. The van der Waals surface area contributed by atoms with Crippen LogP contribution in [0.5, 0.6) is 0 Å². The molecular weight excluding hydrogens is 230 g/mol. The van der Waals surface area contributed by atoms with Gasteiger partial charge in [0.05, 0.1) is 11.4 Å². The fourth-order valence-electron chi connectivity index (χ4n) is 1.52. The number of carbonyl (C=O) groups is 1. The molecule has 0 saturated carbocycles. The molecule has 0 aliphatic rings. The molecule has 0 fully saturated rings. The first kappa shape index (κ1) is 11.9. The van der Waals surface area contributed by atoms with E-state index in [1.165, 1.54) is 12.1 Å². The number of nitrogens with two attached hydrogens (primary N) is 1. The first-order valence-corrected chi connectivity index (χ1v) is 5.45. The maximum absolute atomic E-state index is 11.8. The van der Waals surface area contributed by atoms with E-state index >= 15 is 0 Å². The van der Waals surface area contributed by atoms with Crippen molar-refractivity contribution in [3.63, 3.8) is 0 Å². The monoisotopic (exact) mass is 243 g/mol. The van der Waals surface area contributed by atoms with Gasteiger partial charge in [-0.3, -0.25) is 9.59 Å². The number of anilines is 2. The number of amides is 1. The fourth-order valence-corrected chi connectivity index (χ4v) is 1.52. The molecule has 1 heterocycles. The molecule has 0 unspecified atom stereocenters. The summed E-state index contributed by atoms with van der Waals surface area (Å²) in [7, 11) is 0. The third-order valence-corrected chi connectivity index (χ3v) is 2.42. The number of nitrogen functional groups attached to an aromatic ring is 1. The quantitative estimate of drug-likeness (QED) is 0.791. The van der Waals surface area contributed by atoms with Gasteiger partial charge in [0.15, 0.2) is 5.43 Å². The number of nitrogens with one attached hydrogen (secondary N) is 1. The van der Waals surface area contributed by atoms with E-state index in [9.17, 15) is 9.59 Å². The Morgan fingerprint density at radius 3 is 2.50 bits per heavy atom. The maximum atomic E-state index is 11.8.